The lowest BCUT2D eigenvalue weighted by Gasteiger charge is -2.20. The standard InChI is InChI=1S/C23H23N3O4/c1-16-13-20(22(27)26(16)29-15-17-7-3-2-4-8-17)25-23(28)30-21-12-11-18-9-5-6-10-19(18)14-24-21/h2-12,14,16,20,24H,13,15H2,1H3,(H,25,28). The topological polar surface area (TPSA) is 79.9 Å². The minimum atomic E-state index is -0.697. The minimum Gasteiger partial charge on any atom is -0.393 e. The lowest BCUT2D eigenvalue weighted by Crippen LogP contribution is -2.42. The predicted molar refractivity (Wildman–Crippen MR) is 111 cm³/mol. The highest BCUT2D eigenvalue weighted by atomic mass is 16.7. The van der Waals surface area contributed by atoms with Crippen molar-refractivity contribution in [1.29, 1.82) is 0 Å². The zero-order valence-corrected chi connectivity index (χ0v) is 16.6. The third-order valence-electron chi connectivity index (χ3n) is 4.98. The third-order valence-corrected chi connectivity index (χ3v) is 4.98. The molecule has 154 valence electrons. The van der Waals surface area contributed by atoms with Crippen LogP contribution in [-0.2, 0) is 21.0 Å². The van der Waals surface area contributed by atoms with E-state index in [-0.39, 0.29) is 24.4 Å². The van der Waals surface area contributed by atoms with Gasteiger partial charge in [-0.25, -0.2) is 9.86 Å². The number of fused-ring (bicyclic) bond motifs is 1. The number of rotatable bonds is 5. The van der Waals surface area contributed by atoms with Gasteiger partial charge in [0.1, 0.15) is 12.6 Å². The van der Waals surface area contributed by atoms with Crippen LogP contribution in [0, 0.1) is 0 Å². The van der Waals surface area contributed by atoms with Crippen molar-refractivity contribution in [2.45, 2.75) is 32.0 Å². The predicted octanol–water partition coefficient (Wildman–Crippen LogP) is 1.50. The molecular formula is C23H23N3O4. The molecular weight excluding hydrogens is 382 g/mol. The van der Waals surface area contributed by atoms with Gasteiger partial charge in [0.05, 0.1) is 6.04 Å². The Morgan fingerprint density at radius 2 is 1.83 bits per heavy atom. The highest BCUT2D eigenvalue weighted by molar-refractivity contribution is 5.87. The van der Waals surface area contributed by atoms with Gasteiger partial charge in [0.2, 0.25) is 5.88 Å². The second kappa shape index (κ2) is 8.84. The zero-order chi connectivity index (χ0) is 20.9. The summed E-state index contributed by atoms with van der Waals surface area (Å²) in [5.74, 6) is -0.0110. The Kier molecular flexibility index (Phi) is 5.81. The van der Waals surface area contributed by atoms with E-state index in [0.29, 0.717) is 6.42 Å². The summed E-state index contributed by atoms with van der Waals surface area (Å²) in [6.07, 6.45) is 5.04. The van der Waals surface area contributed by atoms with Gasteiger partial charge in [-0.1, -0.05) is 54.6 Å². The highest BCUT2D eigenvalue weighted by Crippen LogP contribution is 2.20. The molecule has 0 radical (unpaired) electrons. The molecule has 2 heterocycles. The van der Waals surface area contributed by atoms with Gasteiger partial charge in [-0.05, 0) is 41.5 Å². The van der Waals surface area contributed by atoms with Crippen LogP contribution in [0.25, 0.3) is 12.3 Å². The first-order chi connectivity index (χ1) is 14.6. The number of benzene rings is 2. The van der Waals surface area contributed by atoms with Crippen molar-refractivity contribution in [3.8, 4) is 0 Å². The maximum Gasteiger partial charge on any atom is 0.414 e. The summed E-state index contributed by atoms with van der Waals surface area (Å²) >= 11 is 0. The largest absolute Gasteiger partial charge is 0.414 e. The van der Waals surface area contributed by atoms with E-state index in [1.165, 1.54) is 5.06 Å². The van der Waals surface area contributed by atoms with Crippen molar-refractivity contribution in [2.75, 3.05) is 0 Å². The molecule has 0 aliphatic carbocycles. The second-order valence-corrected chi connectivity index (χ2v) is 7.21. The Morgan fingerprint density at radius 3 is 2.63 bits per heavy atom. The maximum absolute atomic E-state index is 12.7. The van der Waals surface area contributed by atoms with Crippen LogP contribution in [0.5, 0.6) is 0 Å². The minimum absolute atomic E-state index is 0.155. The van der Waals surface area contributed by atoms with E-state index in [0.717, 1.165) is 16.0 Å². The second-order valence-electron chi connectivity index (χ2n) is 7.21. The summed E-state index contributed by atoms with van der Waals surface area (Å²) < 4.78 is 5.34. The first kappa shape index (κ1) is 19.7. The lowest BCUT2D eigenvalue weighted by molar-refractivity contribution is -0.193. The molecule has 7 nitrogen and oxygen atoms in total. The van der Waals surface area contributed by atoms with Crippen molar-refractivity contribution < 1.29 is 19.2 Å². The average molecular weight is 405 g/mol. The Labute approximate surface area is 174 Å². The molecule has 2 aliphatic heterocycles. The van der Waals surface area contributed by atoms with Crippen LogP contribution >= 0.6 is 0 Å². The molecule has 2 unspecified atom stereocenters. The Morgan fingerprint density at radius 1 is 1.10 bits per heavy atom. The van der Waals surface area contributed by atoms with Gasteiger partial charge in [0.15, 0.2) is 0 Å². The van der Waals surface area contributed by atoms with Crippen LogP contribution in [-0.4, -0.2) is 29.1 Å². The molecule has 2 N–H and O–H groups in total. The fraction of sp³-hybridized carbons (Fsp3) is 0.217. The fourth-order valence-electron chi connectivity index (χ4n) is 3.43. The lowest BCUT2D eigenvalue weighted by atomic mass is 10.2. The summed E-state index contributed by atoms with van der Waals surface area (Å²) in [7, 11) is 0. The molecule has 4 rings (SSSR count). The van der Waals surface area contributed by atoms with E-state index in [1.807, 2.05) is 67.6 Å². The van der Waals surface area contributed by atoms with Crippen molar-refractivity contribution in [3.05, 3.63) is 82.6 Å². The number of carbonyl (C=O) groups excluding carboxylic acids is 2. The van der Waals surface area contributed by atoms with Crippen LogP contribution in [0.3, 0.4) is 0 Å². The number of hydroxylamine groups is 2. The molecule has 1 fully saturated rings. The monoisotopic (exact) mass is 405 g/mol. The van der Waals surface area contributed by atoms with Crippen LogP contribution in [0.1, 0.15) is 18.9 Å². The van der Waals surface area contributed by atoms with E-state index >= 15 is 0 Å². The molecule has 2 aliphatic rings. The molecule has 0 bridgehead atoms. The molecule has 2 atom stereocenters. The molecule has 30 heavy (non-hydrogen) atoms. The van der Waals surface area contributed by atoms with Crippen LogP contribution < -0.4 is 21.1 Å². The van der Waals surface area contributed by atoms with Gasteiger partial charge in [-0.3, -0.25) is 9.63 Å². The fourth-order valence-corrected chi connectivity index (χ4v) is 3.43. The molecule has 0 aromatic heterocycles. The van der Waals surface area contributed by atoms with E-state index in [2.05, 4.69) is 10.6 Å². The number of hydrogen-bond acceptors (Lipinski definition) is 5. The number of allylic oxidation sites excluding steroid dienone is 1. The normalized spacial score (nSPS) is 20.1. The van der Waals surface area contributed by atoms with E-state index < -0.39 is 12.1 Å². The SMILES string of the molecule is CC1CC(NC(=O)OC2=CC=c3ccccc3=CN2)C(=O)N1OCc1ccccc1. The average Bonchev–Trinajstić information content (AvgIpc) is 2.91. The molecule has 2 amide bonds. The van der Waals surface area contributed by atoms with E-state index in [9.17, 15) is 9.59 Å². The Bertz CT molecular complexity index is 1080. The first-order valence-electron chi connectivity index (χ1n) is 9.82. The molecule has 2 aromatic rings. The molecule has 1 saturated heterocycles. The summed E-state index contributed by atoms with van der Waals surface area (Å²) in [5, 5.41) is 8.92. The first-order valence-corrected chi connectivity index (χ1v) is 9.82. The zero-order valence-electron chi connectivity index (χ0n) is 16.6. The summed E-state index contributed by atoms with van der Waals surface area (Å²) in [6.45, 7) is 2.17. The molecule has 0 saturated carbocycles. The molecule has 2 aromatic carbocycles. The van der Waals surface area contributed by atoms with Gasteiger partial charge in [0, 0.05) is 6.20 Å². The smallest absolute Gasteiger partial charge is 0.393 e. The van der Waals surface area contributed by atoms with Crippen LogP contribution in [0.4, 0.5) is 4.79 Å². The van der Waals surface area contributed by atoms with Crippen molar-refractivity contribution in [2.24, 2.45) is 0 Å². The number of ether oxygens (including phenoxy) is 1. The number of alkyl carbamates (subject to hydrolysis) is 1. The number of nitrogens with one attached hydrogen (secondary N) is 2. The van der Waals surface area contributed by atoms with Crippen molar-refractivity contribution >= 4 is 24.3 Å². The molecule has 0 spiro atoms. The van der Waals surface area contributed by atoms with Gasteiger partial charge in [-0.15, -0.1) is 0 Å². The number of carbonyl (C=O) groups is 2. The quantitative estimate of drug-likeness (QED) is 0.788. The summed E-state index contributed by atoms with van der Waals surface area (Å²) in [5.41, 5.74) is 0.966. The number of nitrogens with zero attached hydrogens (tertiary/aromatic N) is 1. The maximum atomic E-state index is 12.7. The van der Waals surface area contributed by atoms with Crippen LogP contribution in [0.15, 0.2) is 66.6 Å². The van der Waals surface area contributed by atoms with Crippen LogP contribution in [0.2, 0.25) is 0 Å². The Hall–Kier alpha value is -3.58. The summed E-state index contributed by atoms with van der Waals surface area (Å²) in [4.78, 5) is 30.7. The number of hydrogen-bond donors (Lipinski definition) is 2. The van der Waals surface area contributed by atoms with Crippen molar-refractivity contribution in [3.63, 3.8) is 0 Å². The van der Waals surface area contributed by atoms with Crippen molar-refractivity contribution in [1.82, 2.24) is 15.7 Å². The summed E-state index contributed by atoms with van der Waals surface area (Å²) in [6, 6.07) is 16.6. The highest BCUT2D eigenvalue weighted by Gasteiger charge is 2.39. The number of amides is 2. The van der Waals surface area contributed by atoms with E-state index in [4.69, 9.17) is 9.57 Å². The van der Waals surface area contributed by atoms with Gasteiger partial charge in [0.25, 0.3) is 5.91 Å². The Balaban J connectivity index is 1.33. The van der Waals surface area contributed by atoms with Gasteiger partial charge < -0.3 is 15.4 Å². The van der Waals surface area contributed by atoms with Gasteiger partial charge in [-0.2, -0.15) is 0 Å². The van der Waals surface area contributed by atoms with E-state index in [1.54, 1.807) is 12.3 Å². The third kappa shape index (κ3) is 4.52. The molecule has 7 heteroatoms. The van der Waals surface area contributed by atoms with Gasteiger partial charge >= 0.3 is 6.09 Å².